The summed E-state index contributed by atoms with van der Waals surface area (Å²) in [7, 11) is 0. The van der Waals surface area contributed by atoms with Gasteiger partial charge >= 0.3 is 0 Å². The second-order valence-electron chi connectivity index (χ2n) is 6.43. The van der Waals surface area contributed by atoms with Crippen LogP contribution in [-0.4, -0.2) is 19.7 Å². The number of ether oxygens (including phenoxy) is 1. The minimum absolute atomic E-state index is 0.126. The van der Waals surface area contributed by atoms with Crippen LogP contribution in [0.3, 0.4) is 0 Å². The van der Waals surface area contributed by atoms with E-state index >= 15 is 0 Å². The Morgan fingerprint density at radius 3 is 2.65 bits per heavy atom. The van der Waals surface area contributed by atoms with E-state index in [9.17, 15) is 0 Å². The molecule has 0 fully saturated rings. The van der Waals surface area contributed by atoms with E-state index in [2.05, 4.69) is 73.2 Å². The first-order chi connectivity index (χ1) is 9.42. The fourth-order valence-electron chi connectivity index (χ4n) is 1.90. The van der Waals surface area contributed by atoms with Crippen LogP contribution in [0.1, 0.15) is 52.2 Å². The zero-order valence-corrected chi connectivity index (χ0v) is 14.8. The van der Waals surface area contributed by atoms with Gasteiger partial charge in [-0.3, -0.25) is 0 Å². The minimum atomic E-state index is 0.126. The zero-order chi connectivity index (χ0) is 15.0. The summed E-state index contributed by atoms with van der Waals surface area (Å²) < 4.78 is 7.23. The lowest BCUT2D eigenvalue weighted by atomic mass is 9.93. The molecule has 0 spiro atoms. The number of hydrogen-bond donors (Lipinski definition) is 1. The maximum atomic E-state index is 6.12. The highest BCUT2D eigenvalue weighted by molar-refractivity contribution is 9.10. The quantitative estimate of drug-likeness (QED) is 0.676. The average Bonchev–Trinajstić information content (AvgIpc) is 2.36. The van der Waals surface area contributed by atoms with Gasteiger partial charge in [-0.05, 0) is 42.5 Å². The van der Waals surface area contributed by atoms with E-state index in [-0.39, 0.29) is 6.10 Å². The molecule has 1 atom stereocenters. The summed E-state index contributed by atoms with van der Waals surface area (Å²) >= 11 is 3.54. The van der Waals surface area contributed by atoms with Crippen LogP contribution in [0.25, 0.3) is 0 Å². The van der Waals surface area contributed by atoms with Gasteiger partial charge in [0, 0.05) is 17.6 Å². The van der Waals surface area contributed by atoms with Crippen LogP contribution >= 0.6 is 15.9 Å². The van der Waals surface area contributed by atoms with Gasteiger partial charge in [0.15, 0.2) is 0 Å². The van der Waals surface area contributed by atoms with E-state index in [1.165, 1.54) is 5.56 Å². The molecule has 0 saturated carbocycles. The first-order valence-electron chi connectivity index (χ1n) is 7.50. The Kier molecular flexibility index (Phi) is 7.78. The molecule has 1 aromatic carbocycles. The maximum Gasteiger partial charge on any atom is 0.0949 e. The smallest absolute Gasteiger partial charge is 0.0949 e. The van der Waals surface area contributed by atoms with E-state index in [0.717, 1.165) is 37.0 Å². The van der Waals surface area contributed by atoms with Gasteiger partial charge in [0.2, 0.25) is 0 Å². The largest absolute Gasteiger partial charge is 0.372 e. The normalized spacial score (nSPS) is 13.4. The first-order valence-corrected chi connectivity index (χ1v) is 8.29. The third kappa shape index (κ3) is 7.41. The predicted octanol–water partition coefficient (Wildman–Crippen LogP) is 4.94. The summed E-state index contributed by atoms with van der Waals surface area (Å²) in [5.41, 5.74) is 1.55. The van der Waals surface area contributed by atoms with Crippen molar-refractivity contribution in [3.05, 3.63) is 34.3 Å². The molecule has 0 aromatic heterocycles. The van der Waals surface area contributed by atoms with Gasteiger partial charge in [0.05, 0.1) is 6.10 Å². The molecule has 0 aliphatic heterocycles. The van der Waals surface area contributed by atoms with Crippen molar-refractivity contribution in [1.82, 2.24) is 5.32 Å². The standard InChI is InChI=1S/C17H28BrNO/c1-5-10-19-13-16(20-11-9-17(2,3)4)14-7-6-8-15(18)12-14/h6-8,12,16,19H,5,9-11,13H2,1-4H3. The van der Waals surface area contributed by atoms with Crippen molar-refractivity contribution in [2.45, 2.75) is 46.6 Å². The maximum absolute atomic E-state index is 6.12. The van der Waals surface area contributed by atoms with Crippen molar-refractivity contribution in [1.29, 1.82) is 0 Å². The second-order valence-corrected chi connectivity index (χ2v) is 7.34. The molecule has 0 amide bonds. The minimum Gasteiger partial charge on any atom is -0.372 e. The molecular weight excluding hydrogens is 314 g/mol. The third-order valence-electron chi connectivity index (χ3n) is 3.15. The molecule has 0 radical (unpaired) electrons. The van der Waals surface area contributed by atoms with Gasteiger partial charge in [-0.1, -0.05) is 55.8 Å². The Balaban J connectivity index is 2.60. The number of halogens is 1. The number of hydrogen-bond acceptors (Lipinski definition) is 2. The van der Waals surface area contributed by atoms with Gasteiger partial charge < -0.3 is 10.1 Å². The lowest BCUT2D eigenvalue weighted by molar-refractivity contribution is 0.0370. The van der Waals surface area contributed by atoms with E-state index in [0.29, 0.717) is 5.41 Å². The summed E-state index contributed by atoms with van der Waals surface area (Å²) in [5, 5.41) is 3.46. The zero-order valence-electron chi connectivity index (χ0n) is 13.2. The molecule has 2 nitrogen and oxygen atoms in total. The topological polar surface area (TPSA) is 21.3 Å². The molecule has 1 aromatic rings. The predicted molar refractivity (Wildman–Crippen MR) is 90.1 cm³/mol. The van der Waals surface area contributed by atoms with Crippen LogP contribution in [0.4, 0.5) is 0 Å². The van der Waals surface area contributed by atoms with Crippen LogP contribution in [0.5, 0.6) is 0 Å². The molecular formula is C17H28BrNO. The van der Waals surface area contributed by atoms with E-state index < -0.39 is 0 Å². The summed E-state index contributed by atoms with van der Waals surface area (Å²) in [6.45, 7) is 11.6. The lowest BCUT2D eigenvalue weighted by Crippen LogP contribution is -2.25. The number of rotatable bonds is 8. The van der Waals surface area contributed by atoms with Gasteiger partial charge in [-0.2, -0.15) is 0 Å². The fourth-order valence-corrected chi connectivity index (χ4v) is 2.31. The number of nitrogens with one attached hydrogen (secondary N) is 1. The molecule has 1 unspecified atom stereocenters. The Bertz CT molecular complexity index is 387. The van der Waals surface area contributed by atoms with Crippen molar-refractivity contribution >= 4 is 15.9 Å². The molecule has 0 aliphatic rings. The molecule has 0 bridgehead atoms. The van der Waals surface area contributed by atoms with Crippen LogP contribution in [0, 0.1) is 5.41 Å². The van der Waals surface area contributed by atoms with Crippen LogP contribution in [0.2, 0.25) is 0 Å². The molecule has 0 aliphatic carbocycles. The molecule has 20 heavy (non-hydrogen) atoms. The molecule has 0 saturated heterocycles. The summed E-state index contributed by atoms with van der Waals surface area (Å²) in [6, 6.07) is 8.41. The highest BCUT2D eigenvalue weighted by Gasteiger charge is 2.15. The van der Waals surface area contributed by atoms with Gasteiger partial charge in [0.1, 0.15) is 0 Å². The molecule has 114 valence electrons. The SMILES string of the molecule is CCCNCC(OCCC(C)(C)C)c1cccc(Br)c1. The van der Waals surface area contributed by atoms with Crippen molar-refractivity contribution in [2.24, 2.45) is 5.41 Å². The van der Waals surface area contributed by atoms with Crippen molar-refractivity contribution in [3.63, 3.8) is 0 Å². The monoisotopic (exact) mass is 341 g/mol. The van der Waals surface area contributed by atoms with Crippen molar-refractivity contribution < 1.29 is 4.74 Å². The van der Waals surface area contributed by atoms with Crippen LogP contribution in [0.15, 0.2) is 28.7 Å². The highest BCUT2D eigenvalue weighted by atomic mass is 79.9. The highest BCUT2D eigenvalue weighted by Crippen LogP contribution is 2.24. The lowest BCUT2D eigenvalue weighted by Gasteiger charge is -2.23. The second kappa shape index (κ2) is 8.81. The Morgan fingerprint density at radius 2 is 2.05 bits per heavy atom. The van der Waals surface area contributed by atoms with Gasteiger partial charge in [-0.25, -0.2) is 0 Å². The third-order valence-corrected chi connectivity index (χ3v) is 3.64. The summed E-state index contributed by atoms with van der Waals surface area (Å²) in [5.74, 6) is 0. The van der Waals surface area contributed by atoms with Gasteiger partial charge in [0.25, 0.3) is 0 Å². The molecule has 1 rings (SSSR count). The van der Waals surface area contributed by atoms with Crippen LogP contribution in [-0.2, 0) is 4.74 Å². The van der Waals surface area contributed by atoms with Gasteiger partial charge in [-0.15, -0.1) is 0 Å². The Hall–Kier alpha value is -0.380. The van der Waals surface area contributed by atoms with Crippen molar-refractivity contribution in [2.75, 3.05) is 19.7 Å². The first kappa shape index (κ1) is 17.7. The van der Waals surface area contributed by atoms with E-state index in [1.807, 2.05) is 0 Å². The Morgan fingerprint density at radius 1 is 1.30 bits per heavy atom. The molecule has 1 N–H and O–H groups in total. The van der Waals surface area contributed by atoms with Crippen molar-refractivity contribution in [3.8, 4) is 0 Å². The molecule has 3 heteroatoms. The fraction of sp³-hybridized carbons (Fsp3) is 0.647. The average molecular weight is 342 g/mol. The molecule has 0 heterocycles. The summed E-state index contributed by atoms with van der Waals surface area (Å²) in [4.78, 5) is 0. The Labute approximate surface area is 132 Å². The van der Waals surface area contributed by atoms with E-state index in [4.69, 9.17) is 4.74 Å². The van der Waals surface area contributed by atoms with Crippen LogP contribution < -0.4 is 5.32 Å². The summed E-state index contributed by atoms with van der Waals surface area (Å²) in [6.07, 6.45) is 2.35. The van der Waals surface area contributed by atoms with E-state index in [1.54, 1.807) is 0 Å². The number of benzene rings is 1.